The molecule has 4 heteroatoms. The second-order valence-corrected chi connectivity index (χ2v) is 2.79. The van der Waals surface area contributed by atoms with Crippen LogP contribution in [0.2, 0.25) is 0 Å². The van der Waals surface area contributed by atoms with Crippen molar-refractivity contribution in [1.29, 1.82) is 0 Å². The van der Waals surface area contributed by atoms with Gasteiger partial charge in [-0.15, -0.1) is 0 Å². The molecule has 0 aromatic heterocycles. The van der Waals surface area contributed by atoms with Crippen molar-refractivity contribution in [1.82, 2.24) is 0 Å². The summed E-state index contributed by atoms with van der Waals surface area (Å²) in [4.78, 5) is 11.2. The van der Waals surface area contributed by atoms with Gasteiger partial charge in [0.2, 0.25) is 0 Å². The van der Waals surface area contributed by atoms with Gasteiger partial charge in [0.1, 0.15) is 12.4 Å². The number of Topliss-reactive ketones (excluding diaryl/α,β-unsaturated/α-hetero) is 1. The monoisotopic (exact) mass is 197 g/mol. The van der Waals surface area contributed by atoms with E-state index < -0.39 is 6.67 Å². The minimum atomic E-state index is -0.658. The first-order valence-corrected chi connectivity index (χ1v) is 4.19. The van der Waals surface area contributed by atoms with Crippen molar-refractivity contribution < 1.29 is 13.9 Å². The zero-order valence-electron chi connectivity index (χ0n) is 7.92. The summed E-state index contributed by atoms with van der Waals surface area (Å²) in [6, 6.07) is 4.61. The normalized spacial score (nSPS) is 9.93. The van der Waals surface area contributed by atoms with Crippen molar-refractivity contribution in [3.05, 3.63) is 29.3 Å². The minimum absolute atomic E-state index is 0.0714. The van der Waals surface area contributed by atoms with Crippen molar-refractivity contribution in [3.8, 4) is 5.75 Å². The number of methoxy groups -OCH3 is 1. The fraction of sp³-hybridized carbons (Fsp3) is 0.300. The molecular weight excluding hydrogens is 185 g/mol. The molecule has 0 radical (unpaired) electrons. The molecule has 1 aromatic carbocycles. The van der Waals surface area contributed by atoms with E-state index in [0.717, 1.165) is 0 Å². The predicted octanol–water partition coefficient (Wildman–Crippen LogP) is 1.31. The Kier molecular flexibility index (Phi) is 3.59. The number of carbonyl (C=O) groups excluding carboxylic acids is 1. The number of hydrogen-bond acceptors (Lipinski definition) is 3. The van der Waals surface area contributed by atoms with E-state index in [1.807, 2.05) is 0 Å². The number of halogens is 1. The highest BCUT2D eigenvalue weighted by Crippen LogP contribution is 2.20. The Hall–Kier alpha value is -1.42. The maximum absolute atomic E-state index is 12.5. The van der Waals surface area contributed by atoms with E-state index in [2.05, 4.69) is 0 Å². The van der Waals surface area contributed by atoms with E-state index >= 15 is 0 Å². The van der Waals surface area contributed by atoms with Crippen LogP contribution in [0, 0.1) is 0 Å². The van der Waals surface area contributed by atoms with Crippen molar-refractivity contribution >= 4 is 5.78 Å². The lowest BCUT2D eigenvalue weighted by Crippen LogP contribution is -2.13. The highest BCUT2D eigenvalue weighted by Gasteiger charge is 2.08. The van der Waals surface area contributed by atoms with E-state index in [9.17, 15) is 9.18 Å². The summed E-state index contributed by atoms with van der Waals surface area (Å²) in [6.07, 6.45) is 0. The third-order valence-corrected chi connectivity index (χ3v) is 1.93. The molecule has 3 nitrogen and oxygen atoms in total. The van der Waals surface area contributed by atoms with Crippen molar-refractivity contribution in [2.45, 2.75) is 6.67 Å². The van der Waals surface area contributed by atoms with Gasteiger partial charge in [-0.1, -0.05) is 0 Å². The summed E-state index contributed by atoms with van der Waals surface area (Å²) in [5.41, 5.74) is 5.98. The number of benzene rings is 1. The lowest BCUT2D eigenvalue weighted by Gasteiger charge is -2.06. The molecule has 1 aromatic rings. The van der Waals surface area contributed by atoms with Gasteiger partial charge in [-0.25, -0.2) is 4.39 Å². The third kappa shape index (κ3) is 2.09. The molecule has 76 valence electrons. The van der Waals surface area contributed by atoms with Crippen LogP contribution >= 0.6 is 0 Å². The largest absolute Gasteiger partial charge is 0.496 e. The molecule has 0 aliphatic carbocycles. The summed E-state index contributed by atoms with van der Waals surface area (Å²) < 4.78 is 17.4. The number of carbonyl (C=O) groups is 1. The molecule has 0 saturated heterocycles. The van der Waals surface area contributed by atoms with Gasteiger partial charge in [0, 0.05) is 11.1 Å². The van der Waals surface area contributed by atoms with E-state index in [4.69, 9.17) is 10.5 Å². The minimum Gasteiger partial charge on any atom is -0.496 e. The first kappa shape index (κ1) is 10.7. The Morgan fingerprint density at radius 2 is 2.29 bits per heavy atom. The Bertz CT molecular complexity index is 339. The van der Waals surface area contributed by atoms with Crippen LogP contribution in [0.3, 0.4) is 0 Å². The van der Waals surface area contributed by atoms with Crippen LogP contribution < -0.4 is 10.5 Å². The van der Waals surface area contributed by atoms with E-state index in [1.165, 1.54) is 13.2 Å². The van der Waals surface area contributed by atoms with Crippen LogP contribution in [0.25, 0.3) is 0 Å². The third-order valence-electron chi connectivity index (χ3n) is 1.93. The first-order valence-electron chi connectivity index (χ1n) is 4.19. The number of ether oxygens (including phenoxy) is 1. The SMILES string of the molecule is COc1ccc(C(=O)CN)cc1CF. The molecule has 2 N–H and O–H groups in total. The summed E-state index contributed by atoms with van der Waals surface area (Å²) >= 11 is 0. The van der Waals surface area contributed by atoms with Gasteiger partial charge in [0.15, 0.2) is 5.78 Å². The number of ketones is 1. The molecule has 0 aliphatic rings. The Morgan fingerprint density at radius 1 is 1.57 bits per heavy atom. The van der Waals surface area contributed by atoms with Gasteiger partial charge in [-0.2, -0.15) is 0 Å². The summed E-state index contributed by atoms with van der Waals surface area (Å²) in [7, 11) is 1.46. The average molecular weight is 197 g/mol. The summed E-state index contributed by atoms with van der Waals surface area (Å²) in [5.74, 6) is 0.239. The number of nitrogens with two attached hydrogens (primary N) is 1. The van der Waals surface area contributed by atoms with Crippen LogP contribution in [-0.4, -0.2) is 19.4 Å². The van der Waals surface area contributed by atoms with E-state index in [0.29, 0.717) is 16.9 Å². The smallest absolute Gasteiger partial charge is 0.176 e. The van der Waals surface area contributed by atoms with Crippen LogP contribution in [0.15, 0.2) is 18.2 Å². The predicted molar refractivity (Wildman–Crippen MR) is 51.2 cm³/mol. The molecule has 0 saturated carbocycles. The Balaban J connectivity index is 3.07. The molecule has 0 spiro atoms. The van der Waals surface area contributed by atoms with Gasteiger partial charge >= 0.3 is 0 Å². The van der Waals surface area contributed by atoms with E-state index in [1.54, 1.807) is 12.1 Å². The first-order chi connectivity index (χ1) is 6.72. The van der Waals surface area contributed by atoms with Crippen molar-refractivity contribution in [3.63, 3.8) is 0 Å². The average Bonchev–Trinajstić information content (AvgIpc) is 2.26. The highest BCUT2D eigenvalue weighted by molar-refractivity contribution is 5.97. The lowest BCUT2D eigenvalue weighted by atomic mass is 10.1. The quantitative estimate of drug-likeness (QED) is 0.740. The maximum Gasteiger partial charge on any atom is 0.176 e. The number of hydrogen-bond donors (Lipinski definition) is 1. The zero-order chi connectivity index (χ0) is 10.6. The second-order valence-electron chi connectivity index (χ2n) is 2.79. The van der Waals surface area contributed by atoms with Crippen LogP contribution in [0.1, 0.15) is 15.9 Å². The Labute approximate surface area is 81.7 Å². The van der Waals surface area contributed by atoms with Gasteiger partial charge < -0.3 is 10.5 Å². The van der Waals surface area contributed by atoms with Gasteiger partial charge in [0.25, 0.3) is 0 Å². The van der Waals surface area contributed by atoms with Crippen LogP contribution in [-0.2, 0) is 6.67 Å². The van der Waals surface area contributed by atoms with Crippen molar-refractivity contribution in [2.75, 3.05) is 13.7 Å². The lowest BCUT2D eigenvalue weighted by molar-refractivity contribution is 0.100. The molecule has 0 unspecified atom stereocenters. The maximum atomic E-state index is 12.5. The molecule has 14 heavy (non-hydrogen) atoms. The fourth-order valence-corrected chi connectivity index (χ4v) is 1.17. The van der Waals surface area contributed by atoms with Crippen LogP contribution in [0.5, 0.6) is 5.75 Å². The Morgan fingerprint density at radius 3 is 2.79 bits per heavy atom. The highest BCUT2D eigenvalue weighted by atomic mass is 19.1. The standard InChI is InChI=1S/C10H12FNO2/c1-14-10-3-2-7(9(13)6-12)4-8(10)5-11/h2-4H,5-6,12H2,1H3. The zero-order valence-corrected chi connectivity index (χ0v) is 7.92. The molecule has 0 fully saturated rings. The van der Waals surface area contributed by atoms with Crippen LogP contribution in [0.4, 0.5) is 4.39 Å². The number of alkyl halides is 1. The molecular formula is C10H12FNO2. The molecule has 0 amide bonds. The van der Waals surface area contributed by atoms with Gasteiger partial charge in [0.05, 0.1) is 13.7 Å². The molecule has 1 rings (SSSR count). The summed E-state index contributed by atoms with van der Waals surface area (Å²) in [6.45, 7) is -0.729. The number of rotatable bonds is 4. The van der Waals surface area contributed by atoms with Gasteiger partial charge in [-0.05, 0) is 18.2 Å². The fourth-order valence-electron chi connectivity index (χ4n) is 1.17. The van der Waals surface area contributed by atoms with Crippen molar-refractivity contribution in [2.24, 2.45) is 5.73 Å². The molecule has 0 aliphatic heterocycles. The second kappa shape index (κ2) is 4.72. The van der Waals surface area contributed by atoms with Gasteiger partial charge in [-0.3, -0.25) is 4.79 Å². The topological polar surface area (TPSA) is 52.3 Å². The van der Waals surface area contributed by atoms with E-state index in [-0.39, 0.29) is 12.3 Å². The molecule has 0 atom stereocenters. The summed E-state index contributed by atoms with van der Waals surface area (Å²) in [5, 5.41) is 0. The molecule has 0 bridgehead atoms. The molecule has 0 heterocycles.